The first-order valence-electron chi connectivity index (χ1n) is 4.80. The molecule has 0 unspecified atom stereocenters. The van der Waals surface area contributed by atoms with Gasteiger partial charge in [-0.3, -0.25) is 4.79 Å². The summed E-state index contributed by atoms with van der Waals surface area (Å²) in [7, 11) is 0. The average Bonchev–Trinajstić information content (AvgIpc) is 2.10. The number of urea groups is 1. The number of aliphatic carboxylic acids is 1. The molecule has 0 aromatic carbocycles. The maximum absolute atomic E-state index is 11.7. The van der Waals surface area contributed by atoms with Crippen molar-refractivity contribution in [2.24, 2.45) is 5.92 Å². The molecule has 0 spiro atoms. The van der Waals surface area contributed by atoms with E-state index in [1.807, 2.05) is 6.92 Å². The number of terminal acetylenes is 1. The Bertz CT molecular complexity index is 302. The lowest BCUT2D eigenvalue weighted by atomic mass is 10.0. The first-order chi connectivity index (χ1) is 7.10. The molecule has 1 heterocycles. The van der Waals surface area contributed by atoms with Crippen LogP contribution in [0.15, 0.2) is 0 Å². The lowest BCUT2D eigenvalue weighted by Crippen LogP contribution is -2.57. The highest BCUT2D eigenvalue weighted by molar-refractivity contribution is 5.80. The van der Waals surface area contributed by atoms with Crippen LogP contribution in [0.5, 0.6) is 0 Å². The number of carbonyl (C=O) groups is 2. The normalized spacial score (nSPS) is 15.3. The van der Waals surface area contributed by atoms with Crippen molar-refractivity contribution in [2.45, 2.75) is 6.92 Å². The van der Waals surface area contributed by atoms with Gasteiger partial charge in [0.2, 0.25) is 0 Å². The summed E-state index contributed by atoms with van der Waals surface area (Å²) >= 11 is 0. The number of carboxylic acids is 1. The molecule has 1 aliphatic heterocycles. The Morgan fingerprint density at radius 2 is 2.20 bits per heavy atom. The van der Waals surface area contributed by atoms with Crippen molar-refractivity contribution in [1.82, 2.24) is 9.80 Å². The molecule has 1 fully saturated rings. The van der Waals surface area contributed by atoms with Gasteiger partial charge in [0, 0.05) is 19.6 Å². The van der Waals surface area contributed by atoms with Gasteiger partial charge in [-0.15, -0.1) is 6.42 Å². The van der Waals surface area contributed by atoms with Gasteiger partial charge in [-0.2, -0.15) is 0 Å². The fourth-order valence-electron chi connectivity index (χ4n) is 1.42. The number of nitrogens with zero attached hydrogens (tertiary/aromatic N) is 2. The van der Waals surface area contributed by atoms with Crippen molar-refractivity contribution in [3.8, 4) is 12.3 Å². The molecular weight excluding hydrogens is 196 g/mol. The SMILES string of the molecule is C#CCN(CC)C(=O)N1CC(C(=O)O)C1. The van der Waals surface area contributed by atoms with Crippen LogP contribution in [0.25, 0.3) is 0 Å². The number of carbonyl (C=O) groups excluding carboxylic acids is 1. The fraction of sp³-hybridized carbons (Fsp3) is 0.600. The summed E-state index contributed by atoms with van der Waals surface area (Å²) in [6.07, 6.45) is 5.12. The zero-order chi connectivity index (χ0) is 11.4. The van der Waals surface area contributed by atoms with Crippen molar-refractivity contribution in [3.05, 3.63) is 0 Å². The van der Waals surface area contributed by atoms with E-state index in [4.69, 9.17) is 11.5 Å². The predicted octanol–water partition coefficient (Wildman–Crippen LogP) is 0.0779. The summed E-state index contributed by atoms with van der Waals surface area (Å²) in [6.45, 7) is 3.22. The molecule has 0 bridgehead atoms. The van der Waals surface area contributed by atoms with Crippen LogP contribution in [0.4, 0.5) is 4.79 Å². The Morgan fingerprint density at radius 1 is 1.60 bits per heavy atom. The second kappa shape index (κ2) is 4.69. The minimum Gasteiger partial charge on any atom is -0.481 e. The molecule has 0 aromatic rings. The smallest absolute Gasteiger partial charge is 0.320 e. The summed E-state index contributed by atoms with van der Waals surface area (Å²) < 4.78 is 0. The predicted molar refractivity (Wildman–Crippen MR) is 54.2 cm³/mol. The van der Waals surface area contributed by atoms with Gasteiger partial charge in [-0.05, 0) is 6.92 Å². The molecule has 5 nitrogen and oxygen atoms in total. The van der Waals surface area contributed by atoms with E-state index >= 15 is 0 Å². The molecule has 0 atom stereocenters. The number of hydrogen-bond donors (Lipinski definition) is 1. The number of amides is 2. The lowest BCUT2D eigenvalue weighted by molar-refractivity contribution is -0.146. The van der Waals surface area contributed by atoms with Crippen molar-refractivity contribution < 1.29 is 14.7 Å². The van der Waals surface area contributed by atoms with Crippen LogP contribution in [0.3, 0.4) is 0 Å². The van der Waals surface area contributed by atoms with Gasteiger partial charge < -0.3 is 14.9 Å². The van der Waals surface area contributed by atoms with Gasteiger partial charge >= 0.3 is 12.0 Å². The average molecular weight is 210 g/mol. The highest BCUT2D eigenvalue weighted by Gasteiger charge is 2.36. The van der Waals surface area contributed by atoms with Gasteiger partial charge in [-0.1, -0.05) is 5.92 Å². The first kappa shape index (κ1) is 11.4. The highest BCUT2D eigenvalue weighted by atomic mass is 16.4. The minimum absolute atomic E-state index is 0.173. The zero-order valence-corrected chi connectivity index (χ0v) is 8.64. The Morgan fingerprint density at radius 3 is 2.60 bits per heavy atom. The first-order valence-corrected chi connectivity index (χ1v) is 4.80. The molecule has 1 rings (SSSR count). The molecule has 1 saturated heterocycles. The standard InChI is InChI=1S/C10H14N2O3/c1-3-5-11(4-2)10(15)12-6-8(7-12)9(13)14/h1,8H,4-7H2,2H3,(H,13,14). The monoisotopic (exact) mass is 210 g/mol. The number of likely N-dealkylation sites (tertiary alicyclic amines) is 1. The maximum atomic E-state index is 11.7. The van der Waals surface area contributed by atoms with Crippen LogP contribution in [0.2, 0.25) is 0 Å². The fourth-order valence-corrected chi connectivity index (χ4v) is 1.42. The van der Waals surface area contributed by atoms with Gasteiger partial charge in [-0.25, -0.2) is 4.79 Å². The van der Waals surface area contributed by atoms with Crippen molar-refractivity contribution >= 4 is 12.0 Å². The third kappa shape index (κ3) is 2.40. The Balaban J connectivity index is 2.43. The second-order valence-corrected chi connectivity index (χ2v) is 3.44. The number of rotatable bonds is 3. The van der Waals surface area contributed by atoms with E-state index in [1.54, 1.807) is 0 Å². The molecule has 0 aliphatic carbocycles. The largest absolute Gasteiger partial charge is 0.481 e. The molecule has 1 N–H and O–H groups in total. The molecule has 0 saturated carbocycles. The molecular formula is C10H14N2O3. The molecule has 0 radical (unpaired) electrons. The molecule has 5 heteroatoms. The second-order valence-electron chi connectivity index (χ2n) is 3.44. The van der Waals surface area contributed by atoms with Gasteiger partial charge in [0.05, 0.1) is 12.5 Å². The Labute approximate surface area is 88.7 Å². The topological polar surface area (TPSA) is 60.9 Å². The zero-order valence-electron chi connectivity index (χ0n) is 8.64. The molecule has 15 heavy (non-hydrogen) atoms. The van der Waals surface area contributed by atoms with Crippen molar-refractivity contribution in [1.29, 1.82) is 0 Å². The Hall–Kier alpha value is -1.70. The summed E-state index contributed by atoms with van der Waals surface area (Å²) in [5.41, 5.74) is 0. The van der Waals surface area contributed by atoms with Crippen LogP contribution < -0.4 is 0 Å². The van der Waals surface area contributed by atoms with Crippen LogP contribution in [-0.2, 0) is 4.79 Å². The number of hydrogen-bond acceptors (Lipinski definition) is 2. The molecule has 82 valence electrons. The van der Waals surface area contributed by atoms with Gasteiger partial charge in [0.1, 0.15) is 0 Å². The third-order valence-corrected chi connectivity index (χ3v) is 2.44. The van der Waals surface area contributed by atoms with E-state index in [9.17, 15) is 9.59 Å². The van der Waals surface area contributed by atoms with Gasteiger partial charge in [0.15, 0.2) is 0 Å². The third-order valence-electron chi connectivity index (χ3n) is 2.44. The Kier molecular flexibility index (Phi) is 3.56. The van der Waals surface area contributed by atoms with E-state index in [-0.39, 0.29) is 25.7 Å². The quantitative estimate of drug-likeness (QED) is 0.671. The summed E-state index contributed by atoms with van der Waals surface area (Å²) in [5.74, 6) is 1.13. The molecule has 0 aromatic heterocycles. The summed E-state index contributed by atoms with van der Waals surface area (Å²) in [4.78, 5) is 25.2. The highest BCUT2D eigenvalue weighted by Crippen LogP contribution is 2.17. The van der Waals surface area contributed by atoms with Crippen molar-refractivity contribution in [2.75, 3.05) is 26.2 Å². The maximum Gasteiger partial charge on any atom is 0.320 e. The van der Waals surface area contributed by atoms with Gasteiger partial charge in [0.25, 0.3) is 0 Å². The summed E-state index contributed by atoms with van der Waals surface area (Å²) in [5, 5.41) is 8.65. The molecule has 1 aliphatic rings. The van der Waals surface area contributed by atoms with Crippen LogP contribution in [0, 0.1) is 18.3 Å². The van der Waals surface area contributed by atoms with Crippen LogP contribution in [0.1, 0.15) is 6.92 Å². The molecule has 2 amide bonds. The van der Waals surface area contributed by atoms with E-state index in [2.05, 4.69) is 5.92 Å². The number of carboxylic acid groups (broad SMARTS) is 1. The van der Waals surface area contributed by atoms with Crippen LogP contribution >= 0.6 is 0 Å². The minimum atomic E-state index is -0.848. The van der Waals surface area contributed by atoms with E-state index in [0.29, 0.717) is 6.54 Å². The van der Waals surface area contributed by atoms with E-state index in [1.165, 1.54) is 9.80 Å². The van der Waals surface area contributed by atoms with Crippen LogP contribution in [-0.4, -0.2) is 53.1 Å². The van der Waals surface area contributed by atoms with E-state index < -0.39 is 11.9 Å². The lowest BCUT2D eigenvalue weighted by Gasteiger charge is -2.39. The summed E-state index contributed by atoms with van der Waals surface area (Å²) in [6, 6.07) is -0.173. The van der Waals surface area contributed by atoms with E-state index in [0.717, 1.165) is 0 Å². The van der Waals surface area contributed by atoms with Crippen molar-refractivity contribution in [3.63, 3.8) is 0 Å².